The molecular weight excluding hydrogens is 430 g/mol. The number of ether oxygens (including phenoxy) is 2. The van der Waals surface area contributed by atoms with Gasteiger partial charge in [-0.1, -0.05) is 0 Å². The van der Waals surface area contributed by atoms with E-state index in [9.17, 15) is 4.79 Å². The van der Waals surface area contributed by atoms with Crippen molar-refractivity contribution in [1.82, 2.24) is 9.97 Å². The Labute approximate surface area is 196 Å². The van der Waals surface area contributed by atoms with Crippen LogP contribution in [0.3, 0.4) is 0 Å². The molecule has 5 aromatic rings. The van der Waals surface area contributed by atoms with Crippen LogP contribution in [0.25, 0.3) is 21.9 Å². The number of hydrogen-bond donors (Lipinski definition) is 1. The van der Waals surface area contributed by atoms with Gasteiger partial charge >= 0.3 is 0 Å². The van der Waals surface area contributed by atoms with Crippen LogP contribution in [0.5, 0.6) is 17.2 Å². The van der Waals surface area contributed by atoms with Crippen molar-refractivity contribution in [2.75, 3.05) is 12.4 Å². The number of amides is 1. The van der Waals surface area contributed by atoms with Crippen molar-refractivity contribution in [3.8, 4) is 17.2 Å². The standard InChI is InChI=1S/C27H23N3O4/c1-15-11-16(2)29-25(12-15)30-27(31)26-17(3)33-24-14-19(6-8-21(24)26)34-23-9-10-28-22-13-18(32-4)5-7-20(22)23/h5-14H,1-4H3,(H,29,30,31). The molecule has 2 aromatic carbocycles. The molecule has 0 radical (unpaired) electrons. The van der Waals surface area contributed by atoms with Crippen molar-refractivity contribution < 1.29 is 18.7 Å². The molecule has 0 atom stereocenters. The Morgan fingerprint density at radius 1 is 0.941 bits per heavy atom. The van der Waals surface area contributed by atoms with Crippen LogP contribution < -0.4 is 14.8 Å². The summed E-state index contributed by atoms with van der Waals surface area (Å²) in [5.74, 6) is 2.75. The van der Waals surface area contributed by atoms with Crippen LogP contribution in [0.2, 0.25) is 0 Å². The molecule has 0 bridgehead atoms. The SMILES string of the molecule is COc1ccc2c(Oc3ccc4c(C(=O)Nc5cc(C)cc(C)n5)c(C)oc4c3)ccnc2c1. The van der Waals surface area contributed by atoms with Crippen molar-refractivity contribution in [2.24, 2.45) is 0 Å². The largest absolute Gasteiger partial charge is 0.497 e. The van der Waals surface area contributed by atoms with Gasteiger partial charge in [-0.3, -0.25) is 9.78 Å². The first-order valence-corrected chi connectivity index (χ1v) is 10.8. The summed E-state index contributed by atoms with van der Waals surface area (Å²) in [6, 6.07) is 16.7. The summed E-state index contributed by atoms with van der Waals surface area (Å²) < 4.78 is 17.3. The fourth-order valence-corrected chi connectivity index (χ4v) is 4.07. The highest BCUT2D eigenvalue weighted by Crippen LogP contribution is 2.34. The topological polar surface area (TPSA) is 86.5 Å². The van der Waals surface area contributed by atoms with E-state index in [1.807, 2.05) is 62.4 Å². The molecule has 170 valence electrons. The molecule has 0 aliphatic carbocycles. The fourth-order valence-electron chi connectivity index (χ4n) is 4.07. The highest BCUT2D eigenvalue weighted by atomic mass is 16.5. The molecule has 0 saturated heterocycles. The van der Waals surface area contributed by atoms with Gasteiger partial charge in [0.05, 0.1) is 18.2 Å². The second-order valence-electron chi connectivity index (χ2n) is 8.11. The third kappa shape index (κ3) is 4.03. The van der Waals surface area contributed by atoms with E-state index in [0.29, 0.717) is 39.6 Å². The quantitative estimate of drug-likeness (QED) is 0.333. The second-order valence-corrected chi connectivity index (χ2v) is 8.11. The maximum atomic E-state index is 13.0. The Bertz CT molecular complexity index is 1530. The number of nitrogens with one attached hydrogen (secondary N) is 1. The summed E-state index contributed by atoms with van der Waals surface area (Å²) in [5.41, 5.74) is 3.68. The normalized spacial score (nSPS) is 11.1. The van der Waals surface area contributed by atoms with Crippen molar-refractivity contribution in [2.45, 2.75) is 20.8 Å². The number of pyridine rings is 2. The zero-order valence-corrected chi connectivity index (χ0v) is 19.3. The summed E-state index contributed by atoms with van der Waals surface area (Å²) in [6.45, 7) is 5.63. The maximum Gasteiger partial charge on any atom is 0.260 e. The molecule has 0 aliphatic heterocycles. The number of aryl methyl sites for hydroxylation is 3. The Hall–Kier alpha value is -4.39. The van der Waals surface area contributed by atoms with Crippen molar-refractivity contribution in [1.29, 1.82) is 0 Å². The smallest absolute Gasteiger partial charge is 0.260 e. The molecule has 0 unspecified atom stereocenters. The first kappa shape index (κ1) is 21.5. The van der Waals surface area contributed by atoms with E-state index in [2.05, 4.69) is 15.3 Å². The molecular formula is C27H23N3O4. The second kappa shape index (κ2) is 8.51. The highest BCUT2D eigenvalue weighted by molar-refractivity contribution is 6.13. The summed E-state index contributed by atoms with van der Waals surface area (Å²) >= 11 is 0. The fraction of sp³-hybridized carbons (Fsp3) is 0.148. The molecule has 1 amide bonds. The van der Waals surface area contributed by atoms with Gasteiger partial charge in [0, 0.05) is 34.8 Å². The van der Waals surface area contributed by atoms with Gasteiger partial charge in [0.25, 0.3) is 5.91 Å². The molecule has 34 heavy (non-hydrogen) atoms. The molecule has 0 aliphatic rings. The Morgan fingerprint density at radius 3 is 2.53 bits per heavy atom. The number of aromatic nitrogens is 2. The van der Waals surface area contributed by atoms with Crippen LogP contribution in [-0.2, 0) is 0 Å². The summed E-state index contributed by atoms with van der Waals surface area (Å²) in [7, 11) is 1.62. The van der Waals surface area contributed by atoms with Gasteiger partial charge in [0.2, 0.25) is 0 Å². The van der Waals surface area contributed by atoms with E-state index in [-0.39, 0.29) is 5.91 Å². The zero-order valence-electron chi connectivity index (χ0n) is 19.3. The van der Waals surface area contributed by atoms with Crippen LogP contribution in [0.4, 0.5) is 5.82 Å². The average molecular weight is 453 g/mol. The minimum atomic E-state index is -0.267. The van der Waals surface area contributed by atoms with Gasteiger partial charge in [0.15, 0.2) is 0 Å². The molecule has 7 nitrogen and oxygen atoms in total. The summed E-state index contributed by atoms with van der Waals surface area (Å²) in [6.07, 6.45) is 1.69. The lowest BCUT2D eigenvalue weighted by Gasteiger charge is -2.09. The van der Waals surface area contributed by atoms with Crippen molar-refractivity contribution in [3.05, 3.63) is 83.4 Å². The summed E-state index contributed by atoms with van der Waals surface area (Å²) in [4.78, 5) is 21.8. The van der Waals surface area contributed by atoms with Gasteiger partial charge in [-0.25, -0.2) is 4.98 Å². The molecule has 1 N–H and O–H groups in total. The lowest BCUT2D eigenvalue weighted by atomic mass is 10.1. The molecule has 0 fully saturated rings. The lowest BCUT2D eigenvalue weighted by molar-refractivity contribution is 0.102. The summed E-state index contributed by atoms with van der Waals surface area (Å²) in [5, 5.41) is 4.45. The number of nitrogens with zero attached hydrogens (tertiary/aromatic N) is 2. The van der Waals surface area contributed by atoms with Gasteiger partial charge in [-0.05, 0) is 68.8 Å². The molecule has 7 heteroatoms. The number of hydrogen-bond acceptors (Lipinski definition) is 6. The zero-order chi connectivity index (χ0) is 23.8. The Balaban J connectivity index is 1.45. The Morgan fingerprint density at radius 2 is 1.74 bits per heavy atom. The van der Waals surface area contributed by atoms with Crippen LogP contribution in [0.15, 0.2) is 65.2 Å². The van der Waals surface area contributed by atoms with Crippen LogP contribution in [0, 0.1) is 20.8 Å². The predicted molar refractivity (Wildman–Crippen MR) is 131 cm³/mol. The van der Waals surface area contributed by atoms with E-state index in [1.165, 1.54) is 0 Å². The van der Waals surface area contributed by atoms with Crippen LogP contribution in [-0.4, -0.2) is 23.0 Å². The number of methoxy groups -OCH3 is 1. The van der Waals surface area contributed by atoms with Crippen LogP contribution in [0.1, 0.15) is 27.4 Å². The van der Waals surface area contributed by atoms with E-state index < -0.39 is 0 Å². The van der Waals surface area contributed by atoms with Gasteiger partial charge in [-0.2, -0.15) is 0 Å². The number of carbonyl (C=O) groups is 1. The molecule has 0 spiro atoms. The predicted octanol–water partition coefficient (Wildman–Crippen LogP) is 6.35. The van der Waals surface area contributed by atoms with Gasteiger partial charge in [0.1, 0.15) is 34.4 Å². The third-order valence-electron chi connectivity index (χ3n) is 5.54. The third-order valence-corrected chi connectivity index (χ3v) is 5.54. The average Bonchev–Trinajstić information content (AvgIpc) is 3.13. The molecule has 3 heterocycles. The number of anilines is 1. The number of rotatable bonds is 5. The maximum absolute atomic E-state index is 13.0. The first-order valence-electron chi connectivity index (χ1n) is 10.8. The van der Waals surface area contributed by atoms with Gasteiger partial charge < -0.3 is 19.2 Å². The van der Waals surface area contributed by atoms with Gasteiger partial charge in [-0.15, -0.1) is 0 Å². The minimum Gasteiger partial charge on any atom is -0.497 e. The van der Waals surface area contributed by atoms with Crippen molar-refractivity contribution >= 4 is 33.6 Å². The lowest BCUT2D eigenvalue weighted by Crippen LogP contribution is -2.14. The Kier molecular flexibility index (Phi) is 5.37. The minimum absolute atomic E-state index is 0.267. The first-order chi connectivity index (χ1) is 16.4. The van der Waals surface area contributed by atoms with Crippen LogP contribution >= 0.6 is 0 Å². The number of furan rings is 1. The molecule has 5 rings (SSSR count). The highest BCUT2D eigenvalue weighted by Gasteiger charge is 2.20. The van der Waals surface area contributed by atoms with E-state index in [0.717, 1.165) is 27.9 Å². The number of carbonyl (C=O) groups excluding carboxylic acids is 1. The van der Waals surface area contributed by atoms with E-state index in [1.54, 1.807) is 26.3 Å². The number of benzene rings is 2. The number of fused-ring (bicyclic) bond motifs is 2. The molecule has 3 aromatic heterocycles. The van der Waals surface area contributed by atoms with Crippen molar-refractivity contribution in [3.63, 3.8) is 0 Å². The van der Waals surface area contributed by atoms with E-state index >= 15 is 0 Å². The molecule has 0 saturated carbocycles. The monoisotopic (exact) mass is 453 g/mol. The van der Waals surface area contributed by atoms with E-state index in [4.69, 9.17) is 13.9 Å².